The monoisotopic (exact) mass is 484 g/mol. The minimum atomic E-state index is -0.894. The predicted octanol–water partition coefficient (Wildman–Crippen LogP) is 2.99. The summed E-state index contributed by atoms with van der Waals surface area (Å²) in [5.41, 5.74) is 0.685. The van der Waals surface area contributed by atoms with Crippen molar-refractivity contribution in [1.82, 2.24) is 9.80 Å². The largest absolute Gasteiger partial charge is 0.507 e. The Kier molecular flexibility index (Phi) is 7.67. The van der Waals surface area contributed by atoms with Gasteiger partial charge in [0.25, 0.3) is 11.7 Å². The third-order valence-corrected chi connectivity index (χ3v) is 6.36. The smallest absolute Gasteiger partial charge is 0.295 e. The maximum Gasteiger partial charge on any atom is 0.295 e. The van der Waals surface area contributed by atoms with E-state index in [-0.39, 0.29) is 16.9 Å². The molecule has 2 heterocycles. The number of halogens is 1. The summed E-state index contributed by atoms with van der Waals surface area (Å²) in [5.74, 6) is -1.54. The summed E-state index contributed by atoms with van der Waals surface area (Å²) < 4.78 is 29.9. The number of likely N-dealkylation sites (tertiary alicyclic amines) is 1. The molecule has 2 fully saturated rings. The van der Waals surface area contributed by atoms with Gasteiger partial charge in [0, 0.05) is 37.3 Å². The fraction of sp³-hybridized carbons (Fsp3) is 0.385. The van der Waals surface area contributed by atoms with Crippen LogP contribution in [0.5, 0.6) is 11.5 Å². The first-order valence-corrected chi connectivity index (χ1v) is 11.5. The molecule has 2 aromatic rings. The highest BCUT2D eigenvalue weighted by Crippen LogP contribution is 2.45. The van der Waals surface area contributed by atoms with Crippen molar-refractivity contribution < 1.29 is 33.3 Å². The summed E-state index contributed by atoms with van der Waals surface area (Å²) >= 11 is 0. The number of aliphatic hydroxyl groups excluding tert-OH is 1. The van der Waals surface area contributed by atoms with Crippen LogP contribution in [0.25, 0.3) is 5.76 Å². The number of ketones is 1. The fourth-order valence-corrected chi connectivity index (χ4v) is 4.61. The van der Waals surface area contributed by atoms with Crippen LogP contribution in [-0.2, 0) is 14.3 Å². The number of carbonyl (C=O) groups is 2. The van der Waals surface area contributed by atoms with Crippen molar-refractivity contribution in [2.45, 2.75) is 12.5 Å². The van der Waals surface area contributed by atoms with E-state index in [1.807, 2.05) is 0 Å². The second-order valence-electron chi connectivity index (χ2n) is 8.39. The summed E-state index contributed by atoms with van der Waals surface area (Å²) in [6.07, 6.45) is 0.631. The van der Waals surface area contributed by atoms with E-state index in [9.17, 15) is 19.1 Å². The number of hydrogen-bond acceptors (Lipinski definition) is 7. The summed E-state index contributed by atoms with van der Waals surface area (Å²) in [7, 11) is 2.98. The molecule has 0 radical (unpaired) electrons. The zero-order chi connectivity index (χ0) is 24.9. The molecular formula is C26H29FN2O6. The van der Waals surface area contributed by atoms with Crippen molar-refractivity contribution >= 4 is 17.4 Å². The van der Waals surface area contributed by atoms with Gasteiger partial charge in [0.05, 0.1) is 39.0 Å². The molecule has 4 rings (SSSR count). The molecule has 2 aromatic carbocycles. The zero-order valence-corrected chi connectivity index (χ0v) is 19.8. The Bertz CT molecular complexity index is 1110. The summed E-state index contributed by atoms with van der Waals surface area (Å²) in [5, 5.41) is 11.1. The molecule has 2 saturated heterocycles. The highest BCUT2D eigenvalue weighted by atomic mass is 19.1. The average Bonchev–Trinajstić information content (AvgIpc) is 3.13. The van der Waals surface area contributed by atoms with E-state index in [0.717, 1.165) is 19.6 Å². The number of hydrogen-bond donors (Lipinski definition) is 1. The Hall–Kier alpha value is -3.43. The maximum absolute atomic E-state index is 13.5. The van der Waals surface area contributed by atoms with Crippen LogP contribution in [0.2, 0.25) is 0 Å². The van der Waals surface area contributed by atoms with Crippen molar-refractivity contribution in [3.05, 3.63) is 65.0 Å². The average molecular weight is 485 g/mol. The molecule has 1 atom stereocenters. The molecule has 0 aliphatic carbocycles. The highest BCUT2D eigenvalue weighted by molar-refractivity contribution is 6.46. The van der Waals surface area contributed by atoms with Crippen LogP contribution >= 0.6 is 0 Å². The van der Waals surface area contributed by atoms with Gasteiger partial charge in [-0.2, -0.15) is 0 Å². The number of ether oxygens (including phenoxy) is 3. The van der Waals surface area contributed by atoms with Crippen LogP contribution in [0.1, 0.15) is 23.6 Å². The van der Waals surface area contributed by atoms with Crippen LogP contribution in [0.3, 0.4) is 0 Å². The van der Waals surface area contributed by atoms with E-state index in [2.05, 4.69) is 4.90 Å². The molecule has 8 nitrogen and oxygen atoms in total. The summed E-state index contributed by atoms with van der Waals surface area (Å²) in [6, 6.07) is 9.42. The van der Waals surface area contributed by atoms with Crippen molar-refractivity contribution in [2.75, 3.05) is 53.6 Å². The molecule has 0 spiro atoms. The molecule has 186 valence electrons. The Morgan fingerprint density at radius 2 is 1.77 bits per heavy atom. The van der Waals surface area contributed by atoms with Gasteiger partial charge in [-0.05, 0) is 36.8 Å². The molecule has 0 unspecified atom stereocenters. The molecule has 0 aromatic heterocycles. The van der Waals surface area contributed by atoms with Crippen molar-refractivity contribution in [3.63, 3.8) is 0 Å². The molecule has 2 aliphatic heterocycles. The second kappa shape index (κ2) is 10.9. The van der Waals surface area contributed by atoms with E-state index in [0.29, 0.717) is 43.2 Å². The second-order valence-corrected chi connectivity index (χ2v) is 8.39. The van der Waals surface area contributed by atoms with Crippen LogP contribution in [0, 0.1) is 5.82 Å². The lowest BCUT2D eigenvalue weighted by Crippen LogP contribution is -2.39. The van der Waals surface area contributed by atoms with Gasteiger partial charge in [-0.15, -0.1) is 0 Å². The summed E-state index contributed by atoms with van der Waals surface area (Å²) in [4.78, 5) is 30.1. The highest BCUT2D eigenvalue weighted by Gasteiger charge is 2.47. The van der Waals surface area contributed by atoms with Crippen LogP contribution < -0.4 is 9.47 Å². The lowest BCUT2D eigenvalue weighted by Gasteiger charge is -2.29. The molecule has 9 heteroatoms. The van der Waals surface area contributed by atoms with Gasteiger partial charge in [0.15, 0.2) is 11.5 Å². The van der Waals surface area contributed by atoms with Gasteiger partial charge in [0.2, 0.25) is 0 Å². The van der Waals surface area contributed by atoms with E-state index >= 15 is 0 Å². The third-order valence-electron chi connectivity index (χ3n) is 6.36. The minimum absolute atomic E-state index is 0.0699. The molecule has 35 heavy (non-hydrogen) atoms. The molecular weight excluding hydrogens is 455 g/mol. The number of para-hydroxylation sites is 1. The first-order valence-electron chi connectivity index (χ1n) is 11.5. The predicted molar refractivity (Wildman–Crippen MR) is 127 cm³/mol. The minimum Gasteiger partial charge on any atom is -0.507 e. The van der Waals surface area contributed by atoms with Gasteiger partial charge >= 0.3 is 0 Å². The zero-order valence-electron chi connectivity index (χ0n) is 19.8. The number of morpholine rings is 1. The molecule has 0 bridgehead atoms. The van der Waals surface area contributed by atoms with Gasteiger partial charge in [0.1, 0.15) is 11.6 Å². The molecule has 2 aliphatic rings. The van der Waals surface area contributed by atoms with Crippen LogP contribution in [0.15, 0.2) is 48.0 Å². The number of nitrogens with zero attached hydrogens (tertiary/aromatic N) is 2. The third kappa shape index (κ3) is 5.01. The molecule has 1 amide bonds. The van der Waals surface area contributed by atoms with Gasteiger partial charge in [-0.1, -0.05) is 12.1 Å². The Balaban J connectivity index is 1.75. The molecule has 0 saturated carbocycles. The Morgan fingerprint density at radius 3 is 2.43 bits per heavy atom. The Morgan fingerprint density at radius 1 is 1.06 bits per heavy atom. The lowest BCUT2D eigenvalue weighted by molar-refractivity contribution is -0.140. The van der Waals surface area contributed by atoms with Gasteiger partial charge < -0.3 is 24.2 Å². The molecule has 1 N–H and O–H groups in total. The number of carbonyl (C=O) groups excluding carboxylic acids is 2. The van der Waals surface area contributed by atoms with Crippen molar-refractivity contribution in [1.29, 1.82) is 0 Å². The van der Waals surface area contributed by atoms with E-state index < -0.39 is 23.5 Å². The number of amides is 1. The number of methoxy groups -OCH3 is 2. The first-order chi connectivity index (χ1) is 17.0. The van der Waals surface area contributed by atoms with E-state index in [1.165, 1.54) is 43.4 Å². The first kappa shape index (κ1) is 24.7. The fourth-order valence-electron chi connectivity index (χ4n) is 4.61. The standard InChI is InChI=1S/C26H29FN2O6/c1-33-20-6-3-5-19(25(20)34-2)22-21(23(30)17-7-9-18(27)10-8-17)24(31)26(32)29(22)12-4-11-28-13-15-35-16-14-28/h3,5-10,22,30H,4,11-16H2,1-2H3/b23-21+/t22-/m0/s1. The summed E-state index contributed by atoms with van der Waals surface area (Å²) in [6.45, 7) is 4.01. The Labute approximate surface area is 203 Å². The van der Waals surface area contributed by atoms with Gasteiger partial charge in [-0.3, -0.25) is 14.5 Å². The van der Waals surface area contributed by atoms with Crippen LogP contribution in [0.4, 0.5) is 4.39 Å². The van der Waals surface area contributed by atoms with Crippen LogP contribution in [-0.4, -0.2) is 80.2 Å². The number of rotatable bonds is 8. The van der Waals surface area contributed by atoms with E-state index in [4.69, 9.17) is 14.2 Å². The number of benzene rings is 2. The number of Topliss-reactive ketones (excluding diaryl/α,β-unsaturated/α-hetero) is 1. The quantitative estimate of drug-likeness (QED) is 0.350. The number of aliphatic hydroxyl groups is 1. The van der Waals surface area contributed by atoms with Gasteiger partial charge in [-0.25, -0.2) is 4.39 Å². The maximum atomic E-state index is 13.5. The van der Waals surface area contributed by atoms with Crippen molar-refractivity contribution in [3.8, 4) is 11.5 Å². The van der Waals surface area contributed by atoms with E-state index in [1.54, 1.807) is 18.2 Å². The van der Waals surface area contributed by atoms with Crippen molar-refractivity contribution in [2.24, 2.45) is 0 Å². The topological polar surface area (TPSA) is 88.5 Å². The SMILES string of the molecule is COc1cccc([C@H]2/C(=C(\O)c3ccc(F)cc3)C(=O)C(=O)N2CCCN2CCOCC2)c1OC. The lowest BCUT2D eigenvalue weighted by atomic mass is 9.94. The normalized spacial score (nSPS) is 20.3.